The third-order valence-electron chi connectivity index (χ3n) is 5.65. The van der Waals surface area contributed by atoms with Crippen LogP contribution in [-0.2, 0) is 15.7 Å². The molecule has 4 rings (SSSR count). The van der Waals surface area contributed by atoms with Gasteiger partial charge >= 0.3 is 12.1 Å². The van der Waals surface area contributed by atoms with Gasteiger partial charge in [-0.25, -0.2) is 14.8 Å². The van der Waals surface area contributed by atoms with E-state index in [0.717, 1.165) is 25.0 Å². The number of aromatic nitrogens is 1. The molecule has 1 aliphatic carbocycles. The quantitative estimate of drug-likeness (QED) is 0.480. The lowest BCUT2D eigenvalue weighted by atomic mass is 9.93. The molecule has 0 radical (unpaired) electrons. The summed E-state index contributed by atoms with van der Waals surface area (Å²) in [6.07, 6.45) is 2.91. The van der Waals surface area contributed by atoms with E-state index in [4.69, 9.17) is 9.47 Å². The smallest absolute Gasteiger partial charge is 0.433 e. The molecule has 1 aromatic heterocycles. The minimum Gasteiger partial charge on any atom is -0.465 e. The summed E-state index contributed by atoms with van der Waals surface area (Å²) in [5.74, 6) is -1.46. The highest BCUT2D eigenvalue weighted by molar-refractivity contribution is 6.07. The van der Waals surface area contributed by atoms with Crippen molar-refractivity contribution in [3.8, 4) is 0 Å². The molecule has 10 heteroatoms. The number of halogens is 3. The van der Waals surface area contributed by atoms with Crippen LogP contribution >= 0.6 is 0 Å². The molecule has 1 atom stereocenters. The summed E-state index contributed by atoms with van der Waals surface area (Å²) >= 11 is 0. The molecular formula is C25H22F3N3O4. The topological polar surface area (TPSA) is 89.9 Å². The molecule has 7 nitrogen and oxygen atoms in total. The number of nitrogens with zero attached hydrogens (tertiary/aromatic N) is 2. The van der Waals surface area contributed by atoms with Crippen LogP contribution in [0.5, 0.6) is 0 Å². The summed E-state index contributed by atoms with van der Waals surface area (Å²) in [7, 11) is 2.84. The summed E-state index contributed by atoms with van der Waals surface area (Å²) in [5, 5.41) is 3.59. The van der Waals surface area contributed by atoms with E-state index < -0.39 is 29.4 Å². The molecule has 0 bridgehead atoms. The van der Waals surface area contributed by atoms with E-state index in [1.807, 2.05) is 18.2 Å². The maximum absolute atomic E-state index is 13.1. The number of amides is 1. The van der Waals surface area contributed by atoms with Crippen LogP contribution in [0.4, 0.5) is 18.9 Å². The minimum absolute atomic E-state index is 0.0474. The maximum Gasteiger partial charge on any atom is 0.433 e. The van der Waals surface area contributed by atoms with Crippen LogP contribution in [0.15, 0.2) is 59.2 Å². The van der Waals surface area contributed by atoms with Gasteiger partial charge in [-0.2, -0.15) is 13.2 Å². The Bertz CT molecular complexity index is 1360. The molecule has 35 heavy (non-hydrogen) atoms. The van der Waals surface area contributed by atoms with Gasteiger partial charge in [0.1, 0.15) is 11.4 Å². The van der Waals surface area contributed by atoms with Crippen molar-refractivity contribution >= 4 is 23.1 Å². The Hall–Kier alpha value is -3.79. The van der Waals surface area contributed by atoms with Crippen molar-refractivity contribution in [3.63, 3.8) is 0 Å². The number of methoxy groups -OCH3 is 2. The number of hydrogen-bond acceptors (Lipinski definition) is 6. The van der Waals surface area contributed by atoms with Crippen LogP contribution < -0.4 is 15.9 Å². The van der Waals surface area contributed by atoms with Gasteiger partial charge in [-0.1, -0.05) is 24.3 Å². The van der Waals surface area contributed by atoms with Crippen molar-refractivity contribution in [2.24, 2.45) is 10.9 Å². The number of esters is 1. The largest absolute Gasteiger partial charge is 0.465 e. The average molecular weight is 485 g/mol. The number of alkyl halides is 3. The number of allylic oxidation sites excluding steroid dienone is 3. The molecule has 1 amide bonds. The molecule has 2 heterocycles. The first-order valence-electron chi connectivity index (χ1n) is 10.8. The fraction of sp³-hybridized carbons (Fsp3) is 0.280. The van der Waals surface area contributed by atoms with Gasteiger partial charge in [-0.15, -0.1) is 0 Å². The van der Waals surface area contributed by atoms with E-state index in [1.165, 1.54) is 19.2 Å². The second-order valence-electron chi connectivity index (χ2n) is 7.97. The zero-order chi connectivity index (χ0) is 25.2. The SMILES string of the molecule is COCCCC1C=CC2=c3c(NC(=O)c4cccc(C(F)(F)F)n4)c(C(=O)OC)ccc3=NC2=C1. The third kappa shape index (κ3) is 5.02. The highest BCUT2D eigenvalue weighted by atomic mass is 19.4. The first-order valence-corrected chi connectivity index (χ1v) is 10.8. The lowest BCUT2D eigenvalue weighted by molar-refractivity contribution is -0.141. The molecule has 0 fully saturated rings. The Morgan fingerprint density at radius 3 is 2.66 bits per heavy atom. The molecule has 1 N–H and O–H groups in total. The number of pyridine rings is 1. The van der Waals surface area contributed by atoms with Gasteiger partial charge in [0.05, 0.1) is 29.4 Å². The molecule has 0 saturated carbocycles. The van der Waals surface area contributed by atoms with Gasteiger partial charge in [0.25, 0.3) is 5.91 Å². The lowest BCUT2D eigenvalue weighted by Crippen LogP contribution is -2.32. The van der Waals surface area contributed by atoms with E-state index in [2.05, 4.69) is 15.3 Å². The summed E-state index contributed by atoms with van der Waals surface area (Å²) in [6.45, 7) is 0.643. The highest BCUT2D eigenvalue weighted by Crippen LogP contribution is 2.29. The Labute approximate surface area is 198 Å². The zero-order valence-corrected chi connectivity index (χ0v) is 19.0. The maximum atomic E-state index is 13.1. The van der Waals surface area contributed by atoms with Crippen LogP contribution in [0.2, 0.25) is 0 Å². The Balaban J connectivity index is 1.77. The van der Waals surface area contributed by atoms with Crippen molar-refractivity contribution in [3.05, 3.63) is 81.8 Å². The molecule has 0 spiro atoms. The van der Waals surface area contributed by atoms with E-state index in [0.29, 0.717) is 28.5 Å². The minimum atomic E-state index is -4.71. The summed E-state index contributed by atoms with van der Waals surface area (Å²) in [4.78, 5) is 33.5. The number of ether oxygens (including phenoxy) is 2. The van der Waals surface area contributed by atoms with Gasteiger partial charge < -0.3 is 14.8 Å². The standard InChI is InChI=1S/C25H22F3N3O4/c1-34-12-4-5-14-8-9-15-19(13-14)29-17-11-10-16(24(33)35-2)22(21(15)17)31-23(32)18-6-3-7-20(30-18)25(26,27)28/h3,6-11,13-14H,4-5,12H2,1-2H3,(H,31,32). The number of hydrogen-bond donors (Lipinski definition) is 1. The fourth-order valence-corrected chi connectivity index (χ4v) is 4.00. The number of carbonyl (C=O) groups is 2. The van der Waals surface area contributed by atoms with Crippen molar-refractivity contribution in [2.45, 2.75) is 19.0 Å². The molecule has 182 valence electrons. The van der Waals surface area contributed by atoms with Crippen LogP contribution in [0.3, 0.4) is 0 Å². The molecule has 2 aliphatic rings. The average Bonchev–Trinajstić information content (AvgIpc) is 3.21. The predicted molar refractivity (Wildman–Crippen MR) is 121 cm³/mol. The zero-order valence-electron chi connectivity index (χ0n) is 19.0. The van der Waals surface area contributed by atoms with E-state index >= 15 is 0 Å². The molecule has 1 unspecified atom stereocenters. The molecule has 1 aliphatic heterocycles. The second-order valence-corrected chi connectivity index (χ2v) is 7.97. The Morgan fingerprint density at radius 1 is 1.14 bits per heavy atom. The van der Waals surface area contributed by atoms with Gasteiger partial charge in [-0.3, -0.25) is 4.79 Å². The van der Waals surface area contributed by atoms with Gasteiger partial charge in [0.2, 0.25) is 0 Å². The number of fused-ring (bicyclic) bond motifs is 2. The molecule has 2 aromatic rings. The van der Waals surface area contributed by atoms with Crippen molar-refractivity contribution in [1.82, 2.24) is 4.98 Å². The molecule has 0 saturated heterocycles. The first kappa shape index (κ1) is 24.3. The van der Waals surface area contributed by atoms with E-state index in [-0.39, 0.29) is 17.2 Å². The number of rotatable bonds is 7. The summed E-state index contributed by atoms with van der Waals surface area (Å²) in [5.41, 5.74) is -0.0997. The van der Waals surface area contributed by atoms with E-state index in [1.54, 1.807) is 13.2 Å². The van der Waals surface area contributed by atoms with Crippen molar-refractivity contribution < 1.29 is 32.2 Å². The van der Waals surface area contributed by atoms with Gasteiger partial charge in [-0.05, 0) is 43.0 Å². The molecular weight excluding hydrogens is 463 g/mol. The van der Waals surface area contributed by atoms with Gasteiger partial charge in [0.15, 0.2) is 0 Å². The van der Waals surface area contributed by atoms with Crippen LogP contribution in [0, 0.1) is 5.92 Å². The predicted octanol–water partition coefficient (Wildman–Crippen LogP) is 3.42. The number of anilines is 1. The molecule has 1 aromatic carbocycles. The van der Waals surface area contributed by atoms with Gasteiger partial charge in [0, 0.05) is 24.5 Å². The fourth-order valence-electron chi connectivity index (χ4n) is 4.00. The monoisotopic (exact) mass is 485 g/mol. The highest BCUT2D eigenvalue weighted by Gasteiger charge is 2.33. The van der Waals surface area contributed by atoms with Crippen LogP contribution in [0.1, 0.15) is 39.4 Å². The second kappa shape index (κ2) is 9.83. The number of carbonyl (C=O) groups excluding carboxylic acids is 2. The number of nitrogens with one attached hydrogen (secondary N) is 1. The third-order valence-corrected chi connectivity index (χ3v) is 5.65. The van der Waals surface area contributed by atoms with Crippen LogP contribution in [-0.4, -0.2) is 37.7 Å². The first-order chi connectivity index (χ1) is 16.7. The normalized spacial score (nSPS) is 16.2. The Kier molecular flexibility index (Phi) is 6.83. The van der Waals surface area contributed by atoms with Crippen LogP contribution in [0.25, 0.3) is 5.57 Å². The summed E-state index contributed by atoms with van der Waals surface area (Å²) < 4.78 is 49.2. The van der Waals surface area contributed by atoms with Crippen molar-refractivity contribution in [1.29, 1.82) is 0 Å². The Morgan fingerprint density at radius 2 is 1.94 bits per heavy atom. The van der Waals surface area contributed by atoms with Crippen molar-refractivity contribution in [2.75, 3.05) is 26.1 Å². The summed E-state index contributed by atoms with van der Waals surface area (Å²) in [6, 6.07) is 6.14. The van der Waals surface area contributed by atoms with E-state index in [9.17, 15) is 22.8 Å². The number of benzene rings is 1. The lowest BCUT2D eigenvalue weighted by Gasteiger charge is -2.15.